The van der Waals surface area contributed by atoms with Gasteiger partial charge < -0.3 is 26.2 Å². The number of benzene rings is 1. The third kappa shape index (κ3) is 5.56. The highest BCUT2D eigenvalue weighted by atomic mass is 16.4. The van der Waals surface area contributed by atoms with Crippen LogP contribution >= 0.6 is 0 Å². The molecule has 1 aliphatic carbocycles. The number of carbonyl (C=O) groups is 3. The lowest BCUT2D eigenvalue weighted by Crippen LogP contribution is -2.63. The number of likely N-dealkylation sites (tertiary alicyclic amines) is 1. The first kappa shape index (κ1) is 23.5. The van der Waals surface area contributed by atoms with Crippen molar-refractivity contribution in [1.82, 2.24) is 15.5 Å². The molecule has 2 atom stereocenters. The van der Waals surface area contributed by atoms with Crippen LogP contribution in [0.15, 0.2) is 18.2 Å². The maximum absolute atomic E-state index is 13.2. The van der Waals surface area contributed by atoms with Crippen molar-refractivity contribution >= 4 is 23.6 Å². The molecular weight excluding hydrogens is 414 g/mol. The maximum atomic E-state index is 13.2. The number of aliphatic carboxylic acids is 1. The molecule has 1 saturated carbocycles. The van der Waals surface area contributed by atoms with E-state index in [4.69, 9.17) is 16.2 Å². The number of aromatic hydroxyl groups is 1. The molecule has 0 aromatic heterocycles. The van der Waals surface area contributed by atoms with Crippen LogP contribution in [-0.4, -0.2) is 63.9 Å². The normalized spacial score (nSPS) is 19.6. The number of nitrogens with one attached hydrogen (secondary N) is 3. The molecule has 1 aromatic rings. The standard InChI is InChI=1S/C22H31N5O5/c23-20(24)15-7-6-13(10-17(15)28)11-26-21(31)16-8-9-27(16)22(32)19(25-12-18(29)30)14-4-2-1-3-5-14/h6-7,10,14,16,19,25,28H,1-5,8-9,11-12H2,(H3,23,24)(H,26,31)(H,29,30)/t16-,19?/m0/s1. The number of nitrogens with two attached hydrogens (primary N) is 1. The molecule has 174 valence electrons. The summed E-state index contributed by atoms with van der Waals surface area (Å²) in [4.78, 5) is 38.5. The summed E-state index contributed by atoms with van der Waals surface area (Å²) in [6.45, 7) is 0.326. The topological polar surface area (TPSA) is 169 Å². The summed E-state index contributed by atoms with van der Waals surface area (Å²) >= 11 is 0. The van der Waals surface area contributed by atoms with Gasteiger partial charge in [0.15, 0.2) is 0 Å². The average molecular weight is 446 g/mol. The monoisotopic (exact) mass is 445 g/mol. The van der Waals surface area contributed by atoms with Crippen molar-refractivity contribution in [3.05, 3.63) is 29.3 Å². The predicted octanol–water partition coefficient (Wildman–Crippen LogP) is 0.516. The lowest BCUT2D eigenvalue weighted by Gasteiger charge is -2.43. The number of nitrogens with zero attached hydrogens (tertiary/aromatic N) is 1. The van der Waals surface area contributed by atoms with Crippen LogP contribution in [0.3, 0.4) is 0 Å². The Balaban J connectivity index is 1.60. The van der Waals surface area contributed by atoms with Gasteiger partial charge in [0, 0.05) is 13.1 Å². The van der Waals surface area contributed by atoms with Crippen LogP contribution in [0.2, 0.25) is 0 Å². The van der Waals surface area contributed by atoms with E-state index in [0.717, 1.165) is 32.1 Å². The zero-order valence-corrected chi connectivity index (χ0v) is 18.0. The van der Waals surface area contributed by atoms with Crippen LogP contribution < -0.4 is 16.4 Å². The summed E-state index contributed by atoms with van der Waals surface area (Å²) in [5.41, 5.74) is 6.25. The number of phenols is 1. The highest BCUT2D eigenvalue weighted by Crippen LogP contribution is 2.29. The van der Waals surface area contributed by atoms with Crippen molar-refractivity contribution in [1.29, 1.82) is 5.41 Å². The number of amides is 2. The summed E-state index contributed by atoms with van der Waals surface area (Å²) < 4.78 is 0. The molecular formula is C22H31N5O5. The minimum absolute atomic E-state index is 0.0719. The van der Waals surface area contributed by atoms with Crippen molar-refractivity contribution in [2.24, 2.45) is 11.7 Å². The number of phenolic OH excluding ortho intramolecular Hbond substituents is 1. The van der Waals surface area contributed by atoms with Crippen molar-refractivity contribution in [3.8, 4) is 5.75 Å². The molecule has 1 heterocycles. The van der Waals surface area contributed by atoms with Gasteiger partial charge in [-0.15, -0.1) is 0 Å². The molecule has 1 unspecified atom stereocenters. The first-order valence-corrected chi connectivity index (χ1v) is 11.0. The number of nitrogen functional groups attached to an aromatic ring is 1. The van der Waals surface area contributed by atoms with E-state index in [-0.39, 0.29) is 48.0 Å². The fourth-order valence-corrected chi connectivity index (χ4v) is 4.44. The molecule has 32 heavy (non-hydrogen) atoms. The molecule has 2 aliphatic rings. The van der Waals surface area contributed by atoms with Gasteiger partial charge in [-0.05, 0) is 42.9 Å². The Hall–Kier alpha value is -3.14. The van der Waals surface area contributed by atoms with E-state index >= 15 is 0 Å². The number of amidine groups is 1. The third-order valence-corrected chi connectivity index (χ3v) is 6.28. The van der Waals surface area contributed by atoms with Gasteiger partial charge in [0.05, 0.1) is 18.2 Å². The van der Waals surface area contributed by atoms with Gasteiger partial charge in [0.25, 0.3) is 0 Å². The van der Waals surface area contributed by atoms with Gasteiger partial charge in [-0.2, -0.15) is 0 Å². The minimum atomic E-state index is -1.02. The predicted molar refractivity (Wildman–Crippen MR) is 117 cm³/mol. The Morgan fingerprint density at radius 1 is 1.19 bits per heavy atom. The molecule has 1 saturated heterocycles. The number of hydrogen-bond acceptors (Lipinski definition) is 6. The van der Waals surface area contributed by atoms with Gasteiger partial charge in [0.1, 0.15) is 17.6 Å². The van der Waals surface area contributed by atoms with E-state index in [1.807, 2.05) is 0 Å². The third-order valence-electron chi connectivity index (χ3n) is 6.28. The number of carbonyl (C=O) groups excluding carboxylic acids is 2. The lowest BCUT2D eigenvalue weighted by atomic mass is 9.82. The smallest absolute Gasteiger partial charge is 0.317 e. The Morgan fingerprint density at radius 2 is 1.91 bits per heavy atom. The van der Waals surface area contributed by atoms with Crippen molar-refractivity contribution in [3.63, 3.8) is 0 Å². The van der Waals surface area contributed by atoms with Crippen LogP contribution in [0, 0.1) is 11.3 Å². The molecule has 2 amide bonds. The SMILES string of the molecule is N=C(N)c1ccc(CNC(=O)[C@@H]2CCN2C(=O)C(NCC(=O)O)C2CCCCC2)cc1O. The first-order valence-electron chi connectivity index (χ1n) is 11.0. The van der Waals surface area contributed by atoms with Crippen molar-refractivity contribution in [2.45, 2.75) is 57.2 Å². The summed E-state index contributed by atoms with van der Waals surface area (Å²) in [7, 11) is 0. The van der Waals surface area contributed by atoms with Gasteiger partial charge in [-0.1, -0.05) is 25.3 Å². The highest BCUT2D eigenvalue weighted by Gasteiger charge is 2.42. The minimum Gasteiger partial charge on any atom is -0.507 e. The second-order valence-electron chi connectivity index (χ2n) is 8.47. The zero-order chi connectivity index (χ0) is 23.3. The molecule has 0 bridgehead atoms. The van der Waals surface area contributed by atoms with E-state index in [9.17, 15) is 19.5 Å². The average Bonchev–Trinajstić information content (AvgIpc) is 2.72. The van der Waals surface area contributed by atoms with Crippen LogP contribution in [0.1, 0.15) is 49.7 Å². The van der Waals surface area contributed by atoms with E-state index in [1.165, 1.54) is 17.0 Å². The molecule has 7 N–H and O–H groups in total. The quantitative estimate of drug-likeness (QED) is 0.238. The Kier molecular flexibility index (Phi) is 7.68. The van der Waals surface area contributed by atoms with Gasteiger partial charge in [0.2, 0.25) is 11.8 Å². The zero-order valence-electron chi connectivity index (χ0n) is 18.0. The van der Waals surface area contributed by atoms with Crippen molar-refractivity contribution < 1.29 is 24.6 Å². The summed E-state index contributed by atoms with van der Waals surface area (Å²) in [6.07, 6.45) is 5.43. The van der Waals surface area contributed by atoms with Gasteiger partial charge in [-0.3, -0.25) is 25.1 Å². The largest absolute Gasteiger partial charge is 0.507 e. The Labute approximate surface area is 186 Å². The molecule has 2 fully saturated rings. The molecule has 1 aliphatic heterocycles. The lowest BCUT2D eigenvalue weighted by molar-refractivity contribution is -0.150. The summed E-state index contributed by atoms with van der Waals surface area (Å²) in [6, 6.07) is 3.43. The molecule has 10 heteroatoms. The van der Waals surface area contributed by atoms with Crippen LogP contribution in [0.5, 0.6) is 5.75 Å². The van der Waals surface area contributed by atoms with Gasteiger partial charge in [-0.25, -0.2) is 0 Å². The van der Waals surface area contributed by atoms with E-state index in [2.05, 4.69) is 10.6 Å². The summed E-state index contributed by atoms with van der Waals surface area (Å²) in [5, 5.41) is 32.1. The summed E-state index contributed by atoms with van der Waals surface area (Å²) in [5.74, 6) is -1.83. The second kappa shape index (κ2) is 10.4. The number of carboxylic acid groups (broad SMARTS) is 1. The Morgan fingerprint density at radius 3 is 2.47 bits per heavy atom. The van der Waals surface area contributed by atoms with Crippen LogP contribution in [0.25, 0.3) is 0 Å². The van der Waals surface area contributed by atoms with E-state index in [0.29, 0.717) is 18.5 Å². The molecule has 1 aromatic carbocycles. The first-order chi connectivity index (χ1) is 15.3. The fraction of sp³-hybridized carbons (Fsp3) is 0.545. The number of carboxylic acids is 1. The molecule has 0 spiro atoms. The molecule has 0 radical (unpaired) electrons. The van der Waals surface area contributed by atoms with Gasteiger partial charge >= 0.3 is 5.97 Å². The molecule has 10 nitrogen and oxygen atoms in total. The van der Waals surface area contributed by atoms with E-state index in [1.54, 1.807) is 6.07 Å². The fourth-order valence-electron chi connectivity index (χ4n) is 4.44. The highest BCUT2D eigenvalue weighted by molar-refractivity contribution is 5.97. The Bertz CT molecular complexity index is 883. The molecule has 3 rings (SSSR count). The van der Waals surface area contributed by atoms with Crippen LogP contribution in [0.4, 0.5) is 0 Å². The number of rotatable bonds is 9. The van der Waals surface area contributed by atoms with Crippen LogP contribution in [-0.2, 0) is 20.9 Å². The van der Waals surface area contributed by atoms with E-state index < -0.39 is 18.1 Å². The number of hydrogen-bond donors (Lipinski definition) is 6. The maximum Gasteiger partial charge on any atom is 0.317 e. The van der Waals surface area contributed by atoms with Crippen molar-refractivity contribution in [2.75, 3.05) is 13.1 Å². The second-order valence-corrected chi connectivity index (χ2v) is 8.47.